The van der Waals surface area contributed by atoms with Crippen molar-refractivity contribution in [2.45, 2.75) is 56.8 Å². The lowest BCUT2D eigenvalue weighted by Gasteiger charge is -2.25. The molecule has 2 amide bonds. The molecule has 0 radical (unpaired) electrons. The summed E-state index contributed by atoms with van der Waals surface area (Å²) in [6.45, 7) is 5.63. The predicted molar refractivity (Wildman–Crippen MR) is 120 cm³/mol. The predicted octanol–water partition coefficient (Wildman–Crippen LogP) is 2.41. The highest BCUT2D eigenvalue weighted by atomic mass is 32.2. The van der Waals surface area contributed by atoms with Crippen LogP contribution in [0, 0.1) is 5.92 Å². The van der Waals surface area contributed by atoms with Gasteiger partial charge >= 0.3 is 0 Å². The number of thioether (sulfide) groups is 1. The SMILES string of the molecule is CC(C)C(NC(=O)CSc1nnc(C2CC2)n1CCC(N)=O)c1ccc2c(c1)OCCO2. The van der Waals surface area contributed by atoms with Gasteiger partial charge in [0.05, 0.1) is 11.8 Å². The van der Waals surface area contributed by atoms with Gasteiger partial charge in [-0.2, -0.15) is 0 Å². The van der Waals surface area contributed by atoms with E-state index in [0.29, 0.717) is 36.6 Å². The van der Waals surface area contributed by atoms with E-state index >= 15 is 0 Å². The molecule has 2 aliphatic rings. The number of amides is 2. The smallest absolute Gasteiger partial charge is 0.230 e. The summed E-state index contributed by atoms with van der Waals surface area (Å²) in [4.78, 5) is 24.1. The van der Waals surface area contributed by atoms with Crippen molar-refractivity contribution in [1.82, 2.24) is 20.1 Å². The Labute approximate surface area is 191 Å². The summed E-state index contributed by atoms with van der Waals surface area (Å²) in [6.07, 6.45) is 2.37. The van der Waals surface area contributed by atoms with Gasteiger partial charge in [0.25, 0.3) is 0 Å². The first-order chi connectivity index (χ1) is 15.4. The first-order valence-corrected chi connectivity index (χ1v) is 11.9. The largest absolute Gasteiger partial charge is 0.486 e. The molecular formula is C22H29N5O4S. The highest BCUT2D eigenvalue weighted by molar-refractivity contribution is 7.99. The molecule has 3 N–H and O–H groups in total. The van der Waals surface area contributed by atoms with Crippen LogP contribution in [0.15, 0.2) is 23.4 Å². The number of rotatable bonds is 10. The van der Waals surface area contributed by atoms with Crippen LogP contribution < -0.4 is 20.5 Å². The van der Waals surface area contributed by atoms with Gasteiger partial charge in [0.1, 0.15) is 19.0 Å². The zero-order valence-electron chi connectivity index (χ0n) is 18.4. The summed E-state index contributed by atoms with van der Waals surface area (Å²) in [7, 11) is 0. The second-order valence-corrected chi connectivity index (χ2v) is 9.41. The van der Waals surface area contributed by atoms with Gasteiger partial charge in [-0.05, 0) is 36.5 Å². The van der Waals surface area contributed by atoms with Gasteiger partial charge in [-0.1, -0.05) is 31.7 Å². The topological polar surface area (TPSA) is 121 Å². The van der Waals surface area contributed by atoms with Crippen LogP contribution in [-0.4, -0.2) is 45.5 Å². The Morgan fingerprint density at radius 3 is 2.66 bits per heavy atom. The van der Waals surface area contributed by atoms with E-state index in [-0.39, 0.29) is 35.9 Å². The van der Waals surface area contributed by atoms with Crippen molar-refractivity contribution < 1.29 is 19.1 Å². The fourth-order valence-electron chi connectivity index (χ4n) is 3.72. The van der Waals surface area contributed by atoms with Crippen molar-refractivity contribution in [2.24, 2.45) is 11.7 Å². The van der Waals surface area contributed by atoms with E-state index in [0.717, 1.165) is 30.0 Å². The first-order valence-electron chi connectivity index (χ1n) is 11.0. The Kier molecular flexibility index (Phi) is 6.88. The number of benzene rings is 1. The number of nitrogens with one attached hydrogen (secondary N) is 1. The fraction of sp³-hybridized carbons (Fsp3) is 0.545. The van der Waals surface area contributed by atoms with E-state index in [1.54, 1.807) is 0 Å². The maximum atomic E-state index is 12.8. The molecule has 172 valence electrons. The van der Waals surface area contributed by atoms with E-state index in [4.69, 9.17) is 15.2 Å². The summed E-state index contributed by atoms with van der Waals surface area (Å²) < 4.78 is 13.2. The summed E-state index contributed by atoms with van der Waals surface area (Å²) in [5.74, 6) is 2.63. The number of carbonyl (C=O) groups excluding carboxylic acids is 2. The minimum atomic E-state index is -0.367. The van der Waals surface area contributed by atoms with Gasteiger partial charge in [0.15, 0.2) is 16.7 Å². The summed E-state index contributed by atoms with van der Waals surface area (Å²) in [5.41, 5.74) is 6.30. The number of nitrogens with zero attached hydrogens (tertiary/aromatic N) is 3. The molecule has 0 bridgehead atoms. The van der Waals surface area contributed by atoms with Gasteiger partial charge in [0.2, 0.25) is 11.8 Å². The number of nitrogens with two attached hydrogens (primary N) is 1. The zero-order chi connectivity index (χ0) is 22.7. The minimum Gasteiger partial charge on any atom is -0.486 e. The molecule has 0 spiro atoms. The van der Waals surface area contributed by atoms with E-state index in [9.17, 15) is 9.59 Å². The van der Waals surface area contributed by atoms with Gasteiger partial charge in [-0.15, -0.1) is 10.2 Å². The molecule has 1 atom stereocenters. The van der Waals surface area contributed by atoms with Crippen molar-refractivity contribution >= 4 is 23.6 Å². The lowest BCUT2D eigenvalue weighted by molar-refractivity contribution is -0.120. The van der Waals surface area contributed by atoms with E-state index in [2.05, 4.69) is 29.4 Å². The molecule has 1 aliphatic carbocycles. The Morgan fingerprint density at radius 1 is 1.22 bits per heavy atom. The summed E-state index contributed by atoms with van der Waals surface area (Å²) in [5, 5.41) is 12.3. The zero-order valence-corrected chi connectivity index (χ0v) is 19.2. The fourth-order valence-corrected chi connectivity index (χ4v) is 4.50. The number of hydrogen-bond donors (Lipinski definition) is 2. The molecule has 32 heavy (non-hydrogen) atoms. The lowest BCUT2D eigenvalue weighted by Crippen LogP contribution is -2.33. The molecule has 1 aromatic carbocycles. The van der Waals surface area contributed by atoms with Crippen LogP contribution >= 0.6 is 11.8 Å². The Bertz CT molecular complexity index is 989. The molecule has 2 heterocycles. The molecule has 4 rings (SSSR count). The van der Waals surface area contributed by atoms with Gasteiger partial charge < -0.3 is 25.1 Å². The second-order valence-electron chi connectivity index (χ2n) is 8.46. The maximum Gasteiger partial charge on any atom is 0.230 e. The van der Waals surface area contributed by atoms with Crippen LogP contribution in [0.5, 0.6) is 11.5 Å². The molecule has 1 unspecified atom stereocenters. The third-order valence-corrected chi connectivity index (χ3v) is 6.48. The highest BCUT2D eigenvalue weighted by Crippen LogP contribution is 2.40. The van der Waals surface area contributed by atoms with Gasteiger partial charge in [-0.25, -0.2) is 0 Å². The quantitative estimate of drug-likeness (QED) is 0.523. The number of primary amides is 1. The van der Waals surface area contributed by atoms with Crippen molar-refractivity contribution in [3.05, 3.63) is 29.6 Å². The molecule has 1 saturated carbocycles. The van der Waals surface area contributed by atoms with Crippen molar-refractivity contribution in [1.29, 1.82) is 0 Å². The lowest BCUT2D eigenvalue weighted by atomic mass is 9.95. The van der Waals surface area contributed by atoms with Crippen LogP contribution in [0.1, 0.15) is 56.5 Å². The molecule has 10 heteroatoms. The first kappa shape index (κ1) is 22.4. The van der Waals surface area contributed by atoms with Crippen molar-refractivity contribution in [3.63, 3.8) is 0 Å². The number of aromatic nitrogens is 3. The Morgan fingerprint density at radius 2 is 1.97 bits per heavy atom. The third-order valence-electron chi connectivity index (χ3n) is 5.51. The average molecular weight is 460 g/mol. The number of hydrogen-bond acceptors (Lipinski definition) is 7. The van der Waals surface area contributed by atoms with Crippen LogP contribution in [0.25, 0.3) is 0 Å². The summed E-state index contributed by atoms with van der Waals surface area (Å²) in [6, 6.07) is 5.64. The molecule has 9 nitrogen and oxygen atoms in total. The second kappa shape index (κ2) is 9.81. The number of ether oxygens (including phenoxy) is 2. The van der Waals surface area contributed by atoms with Crippen LogP contribution in [0.2, 0.25) is 0 Å². The van der Waals surface area contributed by atoms with Crippen LogP contribution in [0.3, 0.4) is 0 Å². The number of fused-ring (bicyclic) bond motifs is 1. The van der Waals surface area contributed by atoms with E-state index in [1.807, 2.05) is 22.8 Å². The number of carbonyl (C=O) groups is 2. The maximum absolute atomic E-state index is 12.8. The monoisotopic (exact) mass is 459 g/mol. The van der Waals surface area contributed by atoms with E-state index < -0.39 is 0 Å². The molecule has 1 fully saturated rings. The van der Waals surface area contributed by atoms with Gasteiger partial charge in [-0.3, -0.25) is 9.59 Å². The standard InChI is InChI=1S/C22H29N5O4S/c1-13(2)20(15-5-6-16-17(11-15)31-10-9-30-16)24-19(29)12-32-22-26-25-21(14-3-4-14)27(22)8-7-18(23)28/h5-6,11,13-14,20H,3-4,7-10,12H2,1-2H3,(H2,23,28)(H,24,29). The van der Waals surface area contributed by atoms with Crippen molar-refractivity contribution in [2.75, 3.05) is 19.0 Å². The molecule has 2 aromatic rings. The average Bonchev–Trinajstić information content (AvgIpc) is 3.54. The Balaban J connectivity index is 1.41. The molecule has 1 aromatic heterocycles. The van der Waals surface area contributed by atoms with E-state index in [1.165, 1.54) is 11.8 Å². The van der Waals surface area contributed by atoms with Crippen LogP contribution in [0.4, 0.5) is 0 Å². The normalized spacial score (nSPS) is 16.1. The van der Waals surface area contributed by atoms with Gasteiger partial charge in [0, 0.05) is 18.9 Å². The van der Waals surface area contributed by atoms with Crippen LogP contribution in [-0.2, 0) is 16.1 Å². The Hall–Kier alpha value is -2.75. The third kappa shape index (κ3) is 5.35. The molecule has 0 saturated heterocycles. The van der Waals surface area contributed by atoms with Crippen molar-refractivity contribution in [3.8, 4) is 11.5 Å². The molecular weight excluding hydrogens is 430 g/mol. The molecule has 1 aliphatic heterocycles. The summed E-state index contributed by atoms with van der Waals surface area (Å²) >= 11 is 1.33. The highest BCUT2D eigenvalue weighted by Gasteiger charge is 2.30. The minimum absolute atomic E-state index is 0.0963.